The number of piperidine rings is 1. The maximum atomic E-state index is 14.6. The van der Waals surface area contributed by atoms with Crippen molar-refractivity contribution in [2.75, 3.05) is 19.6 Å². The average Bonchev–Trinajstić information content (AvgIpc) is 2.94. The molecular weight excluding hydrogens is 510 g/mol. The molecule has 4 aromatic rings. The minimum Gasteiger partial charge on any atom is -0.508 e. The quantitative estimate of drug-likeness (QED) is 0.322. The SMILES string of the molecule is Cc1ccc(CN(C(Cc2ccc(O)cc2)CN2CCC(O)CC2)S(=O)(=O)c2cccc3cnccc23)cc1. The van der Waals surface area contributed by atoms with Crippen LogP contribution in [0.15, 0.2) is 90.1 Å². The molecule has 7 nitrogen and oxygen atoms in total. The molecule has 5 rings (SSSR count). The van der Waals surface area contributed by atoms with Gasteiger partial charge in [-0.05, 0) is 61.6 Å². The summed E-state index contributed by atoms with van der Waals surface area (Å²) in [6.45, 7) is 4.20. The van der Waals surface area contributed by atoms with Crippen molar-refractivity contribution in [2.24, 2.45) is 0 Å². The number of rotatable bonds is 9. The van der Waals surface area contributed by atoms with Gasteiger partial charge in [0, 0.05) is 55.4 Å². The molecule has 0 radical (unpaired) electrons. The van der Waals surface area contributed by atoms with E-state index in [0.29, 0.717) is 44.3 Å². The molecule has 0 spiro atoms. The van der Waals surface area contributed by atoms with E-state index >= 15 is 0 Å². The first-order valence-corrected chi connectivity index (χ1v) is 14.8. The zero-order valence-corrected chi connectivity index (χ0v) is 23.0. The number of benzene rings is 3. The molecule has 1 aliphatic heterocycles. The third kappa shape index (κ3) is 6.47. The summed E-state index contributed by atoms with van der Waals surface area (Å²) in [6, 6.07) is 21.6. The average molecular weight is 546 g/mol. The van der Waals surface area contributed by atoms with Crippen LogP contribution in [-0.2, 0) is 23.0 Å². The molecule has 1 fully saturated rings. The number of aromatic nitrogens is 1. The number of aliphatic hydroxyl groups excluding tert-OH is 1. The Hall–Kier alpha value is -3.30. The lowest BCUT2D eigenvalue weighted by atomic mass is 10.0. The third-order valence-corrected chi connectivity index (χ3v) is 9.48. The lowest BCUT2D eigenvalue weighted by molar-refractivity contribution is 0.0714. The van der Waals surface area contributed by atoms with E-state index in [1.807, 2.05) is 49.4 Å². The number of hydrogen-bond donors (Lipinski definition) is 2. The first-order valence-electron chi connectivity index (χ1n) is 13.4. The summed E-state index contributed by atoms with van der Waals surface area (Å²) in [5.41, 5.74) is 2.97. The smallest absolute Gasteiger partial charge is 0.244 e. The highest BCUT2D eigenvalue weighted by Crippen LogP contribution is 2.30. The maximum Gasteiger partial charge on any atom is 0.244 e. The Morgan fingerprint density at radius 2 is 1.67 bits per heavy atom. The number of aliphatic hydroxyl groups is 1. The lowest BCUT2D eigenvalue weighted by Crippen LogP contribution is -2.49. The van der Waals surface area contributed by atoms with Crippen molar-refractivity contribution in [3.63, 3.8) is 0 Å². The minimum absolute atomic E-state index is 0.175. The highest BCUT2D eigenvalue weighted by molar-refractivity contribution is 7.89. The normalized spacial score (nSPS) is 16.1. The van der Waals surface area contributed by atoms with Gasteiger partial charge in [0.15, 0.2) is 0 Å². The predicted molar refractivity (Wildman–Crippen MR) is 153 cm³/mol. The number of fused-ring (bicyclic) bond motifs is 1. The van der Waals surface area contributed by atoms with E-state index in [1.54, 1.807) is 47.0 Å². The van der Waals surface area contributed by atoms with Crippen LogP contribution < -0.4 is 0 Å². The Labute approximate surface area is 230 Å². The van der Waals surface area contributed by atoms with Crippen molar-refractivity contribution in [3.05, 3.63) is 102 Å². The fraction of sp³-hybridized carbons (Fsp3) is 0.323. The Bertz CT molecular complexity index is 1490. The minimum atomic E-state index is -3.94. The predicted octanol–water partition coefficient (Wildman–Crippen LogP) is 4.51. The fourth-order valence-corrected chi connectivity index (χ4v) is 7.11. The topological polar surface area (TPSA) is 94.0 Å². The van der Waals surface area contributed by atoms with Crippen LogP contribution in [0, 0.1) is 6.92 Å². The summed E-state index contributed by atoms with van der Waals surface area (Å²) >= 11 is 0. The Morgan fingerprint density at radius 3 is 2.38 bits per heavy atom. The molecule has 3 aromatic carbocycles. The number of likely N-dealkylation sites (tertiary alicyclic amines) is 1. The van der Waals surface area contributed by atoms with Crippen molar-refractivity contribution in [3.8, 4) is 5.75 Å². The number of aryl methyl sites for hydroxylation is 1. The van der Waals surface area contributed by atoms with Crippen molar-refractivity contribution in [1.29, 1.82) is 0 Å². The molecule has 2 heterocycles. The van der Waals surface area contributed by atoms with Crippen molar-refractivity contribution >= 4 is 20.8 Å². The molecule has 1 aromatic heterocycles. The maximum absolute atomic E-state index is 14.6. The number of hydrogen-bond acceptors (Lipinski definition) is 6. The molecule has 1 aliphatic rings. The number of phenolic OH excluding ortho intramolecular Hbond substituents is 1. The summed E-state index contributed by atoms with van der Waals surface area (Å²) < 4.78 is 30.9. The standard InChI is InChI=1S/C31H35N3O4S/c1-23-5-7-25(8-6-23)21-34(39(37,38)31-4-2-3-26-20-32-16-13-30(26)31)27(19-24-9-11-28(35)12-10-24)22-33-17-14-29(36)15-18-33/h2-13,16,20,27,29,35-36H,14-15,17-19,21-22H2,1H3. The van der Waals surface area contributed by atoms with Gasteiger partial charge in [-0.15, -0.1) is 0 Å². The summed E-state index contributed by atoms with van der Waals surface area (Å²) in [7, 11) is -3.94. The second kappa shape index (κ2) is 11.8. The largest absolute Gasteiger partial charge is 0.508 e. The molecule has 1 saturated heterocycles. The van der Waals surface area contributed by atoms with Crippen molar-refractivity contribution < 1.29 is 18.6 Å². The summed E-state index contributed by atoms with van der Waals surface area (Å²) in [6.07, 6.45) is 4.83. The second-order valence-corrected chi connectivity index (χ2v) is 12.3. The lowest BCUT2D eigenvalue weighted by Gasteiger charge is -2.37. The number of sulfonamides is 1. The van der Waals surface area contributed by atoms with Gasteiger partial charge < -0.3 is 15.1 Å². The molecule has 0 saturated carbocycles. The van der Waals surface area contributed by atoms with E-state index < -0.39 is 10.0 Å². The van der Waals surface area contributed by atoms with E-state index in [1.165, 1.54) is 0 Å². The van der Waals surface area contributed by atoms with Gasteiger partial charge in [0.1, 0.15) is 5.75 Å². The van der Waals surface area contributed by atoms with E-state index in [0.717, 1.165) is 22.1 Å². The Morgan fingerprint density at radius 1 is 0.974 bits per heavy atom. The monoisotopic (exact) mass is 545 g/mol. The van der Waals surface area contributed by atoms with Gasteiger partial charge in [-0.2, -0.15) is 4.31 Å². The van der Waals surface area contributed by atoms with E-state index in [4.69, 9.17) is 0 Å². The van der Waals surface area contributed by atoms with Crippen LogP contribution in [0.3, 0.4) is 0 Å². The van der Waals surface area contributed by atoms with Crippen molar-refractivity contribution in [2.45, 2.75) is 49.8 Å². The van der Waals surface area contributed by atoms with Crippen LogP contribution in [0.5, 0.6) is 5.75 Å². The molecule has 0 bridgehead atoms. The van der Waals surface area contributed by atoms with Gasteiger partial charge in [-0.1, -0.05) is 54.1 Å². The van der Waals surface area contributed by atoms with Crippen LogP contribution in [0.2, 0.25) is 0 Å². The van der Waals surface area contributed by atoms with Crippen LogP contribution in [0.25, 0.3) is 10.8 Å². The van der Waals surface area contributed by atoms with Gasteiger partial charge in [-0.3, -0.25) is 4.98 Å². The molecule has 0 amide bonds. The van der Waals surface area contributed by atoms with Crippen LogP contribution in [-0.4, -0.2) is 64.6 Å². The van der Waals surface area contributed by atoms with Gasteiger partial charge >= 0.3 is 0 Å². The summed E-state index contributed by atoms with van der Waals surface area (Å²) in [4.78, 5) is 6.70. The number of pyridine rings is 1. The summed E-state index contributed by atoms with van der Waals surface area (Å²) in [5, 5.41) is 21.3. The molecule has 0 aliphatic carbocycles. The van der Waals surface area contributed by atoms with Gasteiger partial charge in [0.25, 0.3) is 0 Å². The fourth-order valence-electron chi connectivity index (χ4n) is 5.29. The number of phenols is 1. The van der Waals surface area contributed by atoms with Crippen LogP contribution in [0.4, 0.5) is 0 Å². The Kier molecular flexibility index (Phi) is 8.28. The van der Waals surface area contributed by atoms with E-state index in [-0.39, 0.29) is 29.3 Å². The molecule has 1 atom stereocenters. The first-order chi connectivity index (χ1) is 18.8. The van der Waals surface area contributed by atoms with Crippen LogP contribution in [0.1, 0.15) is 29.5 Å². The van der Waals surface area contributed by atoms with Gasteiger partial charge in [-0.25, -0.2) is 8.42 Å². The van der Waals surface area contributed by atoms with Crippen molar-refractivity contribution in [1.82, 2.24) is 14.2 Å². The van der Waals surface area contributed by atoms with Gasteiger partial charge in [0.05, 0.1) is 11.0 Å². The molecule has 8 heteroatoms. The zero-order chi connectivity index (χ0) is 27.4. The zero-order valence-electron chi connectivity index (χ0n) is 22.1. The summed E-state index contributed by atoms with van der Waals surface area (Å²) in [5.74, 6) is 0.175. The molecular formula is C31H35N3O4S. The van der Waals surface area contributed by atoms with Crippen LogP contribution >= 0.6 is 0 Å². The molecule has 204 valence electrons. The Balaban J connectivity index is 1.59. The third-order valence-electron chi connectivity index (χ3n) is 7.53. The molecule has 39 heavy (non-hydrogen) atoms. The van der Waals surface area contributed by atoms with Gasteiger partial charge in [0.2, 0.25) is 10.0 Å². The number of nitrogens with zero attached hydrogens (tertiary/aromatic N) is 3. The number of aromatic hydroxyl groups is 1. The molecule has 1 unspecified atom stereocenters. The van der Waals surface area contributed by atoms with E-state index in [2.05, 4.69) is 9.88 Å². The molecule has 2 N–H and O–H groups in total. The highest BCUT2D eigenvalue weighted by atomic mass is 32.2. The second-order valence-electron chi connectivity index (χ2n) is 10.4. The highest BCUT2D eigenvalue weighted by Gasteiger charge is 2.34. The van der Waals surface area contributed by atoms with E-state index in [9.17, 15) is 18.6 Å². The first kappa shape index (κ1) is 27.3.